The van der Waals surface area contributed by atoms with Gasteiger partial charge in [0.15, 0.2) is 9.84 Å². The third kappa shape index (κ3) is 6.13. The number of benzene rings is 1. The zero-order valence-electron chi connectivity index (χ0n) is 20.0. The number of thiophene rings is 1. The highest BCUT2D eigenvalue weighted by atomic mass is 35.5. The van der Waals surface area contributed by atoms with Crippen molar-refractivity contribution in [2.24, 2.45) is 5.73 Å². The number of sulfone groups is 1. The molecule has 0 aliphatic carbocycles. The number of halogens is 1. The van der Waals surface area contributed by atoms with Crippen LogP contribution in [0.5, 0.6) is 0 Å². The highest BCUT2D eigenvalue weighted by Gasteiger charge is 2.42. The average Bonchev–Trinajstić information content (AvgIpc) is 3.45. The molecule has 10 nitrogen and oxygen atoms in total. The van der Waals surface area contributed by atoms with Crippen molar-refractivity contribution in [1.82, 2.24) is 9.29 Å². The van der Waals surface area contributed by atoms with E-state index in [1.807, 2.05) is 0 Å². The van der Waals surface area contributed by atoms with Gasteiger partial charge in [0, 0.05) is 40.4 Å². The van der Waals surface area contributed by atoms with Crippen LogP contribution in [-0.2, 0) is 29.4 Å². The molecule has 2 N–H and O–H groups in total. The van der Waals surface area contributed by atoms with Crippen molar-refractivity contribution in [2.45, 2.75) is 17.4 Å². The van der Waals surface area contributed by atoms with Crippen LogP contribution in [0.3, 0.4) is 0 Å². The van der Waals surface area contributed by atoms with Crippen LogP contribution in [0.1, 0.15) is 11.3 Å². The lowest BCUT2D eigenvalue weighted by Crippen LogP contribution is -2.48. The van der Waals surface area contributed by atoms with Crippen LogP contribution in [0, 0.1) is 0 Å². The molecule has 4 rings (SSSR count). The first-order chi connectivity index (χ1) is 17.9. The first-order valence-electron chi connectivity index (χ1n) is 11.2. The molecular formula is C24H23ClN4O6S3. The normalized spacial score (nSPS) is 16.6. The van der Waals surface area contributed by atoms with E-state index in [0.29, 0.717) is 20.3 Å². The lowest BCUT2D eigenvalue weighted by molar-refractivity contribution is -0.122. The fraction of sp³-hybridized carbons (Fsp3) is 0.208. The summed E-state index contributed by atoms with van der Waals surface area (Å²) in [4.78, 5) is 31.4. The van der Waals surface area contributed by atoms with E-state index in [2.05, 4.69) is 4.98 Å². The molecule has 1 aliphatic heterocycles. The highest BCUT2D eigenvalue weighted by Crippen LogP contribution is 2.30. The van der Waals surface area contributed by atoms with Gasteiger partial charge in [0.25, 0.3) is 0 Å². The molecule has 1 fully saturated rings. The number of amides is 2. The van der Waals surface area contributed by atoms with Gasteiger partial charge in [-0.25, -0.2) is 21.8 Å². The van der Waals surface area contributed by atoms with Crippen LogP contribution in [0.15, 0.2) is 65.0 Å². The summed E-state index contributed by atoms with van der Waals surface area (Å²) in [6, 6.07) is 11.8. The lowest BCUT2D eigenvalue weighted by Gasteiger charge is -2.24. The molecule has 0 spiro atoms. The zero-order chi connectivity index (χ0) is 27.7. The molecule has 2 amide bonds. The summed E-state index contributed by atoms with van der Waals surface area (Å²) < 4.78 is 51.8. The predicted molar refractivity (Wildman–Crippen MR) is 147 cm³/mol. The highest BCUT2D eigenvalue weighted by molar-refractivity contribution is 7.92. The molecule has 0 bridgehead atoms. The monoisotopic (exact) mass is 594 g/mol. The second-order valence-electron chi connectivity index (χ2n) is 8.47. The van der Waals surface area contributed by atoms with E-state index in [1.54, 1.807) is 42.5 Å². The Morgan fingerprint density at radius 1 is 1.18 bits per heavy atom. The second-order valence-corrected chi connectivity index (χ2v) is 14.0. The number of carbonyl (C=O) groups is 2. The molecule has 1 aliphatic rings. The quantitative estimate of drug-likeness (QED) is 0.400. The Bertz CT molecular complexity index is 1620. The minimum atomic E-state index is -4.20. The molecule has 0 saturated carbocycles. The van der Waals surface area contributed by atoms with E-state index in [-0.39, 0.29) is 23.7 Å². The van der Waals surface area contributed by atoms with E-state index in [0.717, 1.165) is 16.0 Å². The molecule has 1 aromatic carbocycles. The SMILES string of the molecule is CS(=O)(=O)c1ccccc1-c1ccc(N2CC[C@H](N(CC(N)=O)S(=O)(=O)C=Cc3ccc(Cl)s3)C2=O)nc1. The van der Waals surface area contributed by atoms with Gasteiger partial charge in [0.1, 0.15) is 11.9 Å². The van der Waals surface area contributed by atoms with Gasteiger partial charge in [-0.3, -0.25) is 14.5 Å². The van der Waals surface area contributed by atoms with Crippen molar-refractivity contribution in [1.29, 1.82) is 0 Å². The molecule has 0 unspecified atom stereocenters. The molecular weight excluding hydrogens is 572 g/mol. The maximum atomic E-state index is 13.3. The van der Waals surface area contributed by atoms with Crippen LogP contribution in [-0.4, -0.2) is 63.3 Å². The molecule has 1 saturated heterocycles. The Balaban J connectivity index is 1.58. The van der Waals surface area contributed by atoms with Crippen LogP contribution < -0.4 is 10.6 Å². The molecule has 1 atom stereocenters. The minimum Gasteiger partial charge on any atom is -0.369 e. The Hall–Kier alpha value is -3.10. The fourth-order valence-electron chi connectivity index (χ4n) is 4.07. The summed E-state index contributed by atoms with van der Waals surface area (Å²) >= 11 is 7.06. The number of pyridine rings is 1. The number of anilines is 1. The van der Waals surface area contributed by atoms with E-state index < -0.39 is 44.3 Å². The topological polar surface area (TPSA) is 148 Å². The van der Waals surface area contributed by atoms with Crippen molar-refractivity contribution in [3.8, 4) is 11.1 Å². The molecule has 200 valence electrons. The molecule has 14 heteroatoms. The van der Waals surface area contributed by atoms with Gasteiger partial charge in [0.2, 0.25) is 21.8 Å². The number of sulfonamides is 1. The first kappa shape index (κ1) is 27.9. The third-order valence-electron chi connectivity index (χ3n) is 5.78. The summed E-state index contributed by atoms with van der Waals surface area (Å²) in [5.41, 5.74) is 6.32. The summed E-state index contributed by atoms with van der Waals surface area (Å²) in [5, 5.41) is 0.917. The number of carbonyl (C=O) groups excluding carboxylic acids is 2. The van der Waals surface area contributed by atoms with Crippen LogP contribution in [0.2, 0.25) is 4.34 Å². The molecule has 3 aromatic rings. The standard InChI is InChI=1S/C24H23ClN4O6S3/c1-37(32,33)20-5-3-2-4-18(20)16-6-9-23(27-14-16)28-12-10-19(24(28)31)29(15-22(26)30)38(34,35)13-11-17-7-8-21(25)36-17/h2-9,11,13-14,19H,10,12,15H2,1H3,(H2,26,30)/t19-/m0/s1. The fourth-order valence-corrected chi connectivity index (χ4v) is 7.37. The first-order valence-corrected chi connectivity index (χ1v) is 15.8. The van der Waals surface area contributed by atoms with Gasteiger partial charge in [0.05, 0.1) is 15.8 Å². The van der Waals surface area contributed by atoms with E-state index in [1.165, 1.54) is 34.6 Å². The number of hydrogen-bond acceptors (Lipinski definition) is 8. The number of nitrogens with zero attached hydrogens (tertiary/aromatic N) is 3. The smallest absolute Gasteiger partial charge is 0.246 e. The molecule has 3 heterocycles. The van der Waals surface area contributed by atoms with Crippen LogP contribution >= 0.6 is 22.9 Å². The number of nitrogens with two attached hydrogens (primary N) is 1. The largest absolute Gasteiger partial charge is 0.369 e. The van der Waals surface area contributed by atoms with Crippen molar-refractivity contribution < 1.29 is 26.4 Å². The third-order valence-corrected chi connectivity index (χ3v) is 9.65. The second kappa shape index (κ2) is 10.9. The van der Waals surface area contributed by atoms with Crippen LogP contribution in [0.4, 0.5) is 5.82 Å². The van der Waals surface area contributed by atoms with Gasteiger partial charge < -0.3 is 5.73 Å². The Morgan fingerprint density at radius 3 is 2.53 bits per heavy atom. The number of aromatic nitrogens is 1. The molecule has 2 aromatic heterocycles. The summed E-state index contributed by atoms with van der Waals surface area (Å²) in [5.74, 6) is -1.20. The average molecular weight is 595 g/mol. The molecule has 0 radical (unpaired) electrons. The van der Waals surface area contributed by atoms with Gasteiger partial charge >= 0.3 is 0 Å². The van der Waals surface area contributed by atoms with Gasteiger partial charge in [-0.05, 0) is 42.8 Å². The van der Waals surface area contributed by atoms with Crippen molar-refractivity contribution in [3.63, 3.8) is 0 Å². The van der Waals surface area contributed by atoms with Crippen molar-refractivity contribution in [2.75, 3.05) is 24.2 Å². The lowest BCUT2D eigenvalue weighted by atomic mass is 10.1. The van der Waals surface area contributed by atoms with Gasteiger partial charge in [-0.1, -0.05) is 29.8 Å². The van der Waals surface area contributed by atoms with Gasteiger partial charge in [-0.2, -0.15) is 4.31 Å². The minimum absolute atomic E-state index is 0.115. The van der Waals surface area contributed by atoms with E-state index in [4.69, 9.17) is 17.3 Å². The van der Waals surface area contributed by atoms with E-state index in [9.17, 15) is 26.4 Å². The molecule has 38 heavy (non-hydrogen) atoms. The maximum Gasteiger partial charge on any atom is 0.246 e. The summed E-state index contributed by atoms with van der Waals surface area (Å²) in [6.07, 6.45) is 4.02. The van der Waals surface area contributed by atoms with Gasteiger partial charge in [-0.15, -0.1) is 11.3 Å². The van der Waals surface area contributed by atoms with E-state index >= 15 is 0 Å². The van der Waals surface area contributed by atoms with Crippen LogP contribution in [0.25, 0.3) is 17.2 Å². The Kier molecular flexibility index (Phi) is 8.04. The zero-order valence-corrected chi connectivity index (χ0v) is 23.2. The van der Waals surface area contributed by atoms with Crippen molar-refractivity contribution in [3.05, 3.63) is 69.3 Å². The summed E-state index contributed by atoms with van der Waals surface area (Å²) in [7, 11) is -7.68. The van der Waals surface area contributed by atoms with Crippen molar-refractivity contribution >= 4 is 66.5 Å². The summed E-state index contributed by atoms with van der Waals surface area (Å²) in [6.45, 7) is -0.512. The number of primary amides is 1. The Labute approximate surface area is 229 Å². The predicted octanol–water partition coefficient (Wildman–Crippen LogP) is 2.76. The number of rotatable bonds is 9. The maximum absolute atomic E-state index is 13.3. The Morgan fingerprint density at radius 2 is 1.92 bits per heavy atom. The number of hydrogen-bond donors (Lipinski definition) is 1.